The number of aromatic nitrogens is 1. The molecule has 18 heavy (non-hydrogen) atoms. The molecule has 1 aromatic heterocycles. The second-order valence-corrected chi connectivity index (χ2v) is 4.72. The highest BCUT2D eigenvalue weighted by molar-refractivity contribution is 5.42. The third-order valence-corrected chi connectivity index (χ3v) is 3.18. The Morgan fingerprint density at radius 1 is 1.50 bits per heavy atom. The van der Waals surface area contributed by atoms with E-state index in [9.17, 15) is 0 Å². The van der Waals surface area contributed by atoms with Gasteiger partial charge in [0.25, 0.3) is 0 Å². The van der Waals surface area contributed by atoms with Gasteiger partial charge in [0.2, 0.25) is 0 Å². The van der Waals surface area contributed by atoms with Crippen molar-refractivity contribution in [1.82, 2.24) is 9.88 Å². The number of hydrogen-bond acceptors (Lipinski definition) is 5. The number of aliphatic hydroxyl groups is 1. The average molecular weight is 251 g/mol. The number of β-amino-alcohol motifs (C(OH)–C–C–N with tert-alkyl or cyclic N) is 1. The standard InChI is InChI=1S/C13H21N3O2/c1-15(2)11-3-4-12(14-9-11)13-10-16(5-7-17)6-8-18-13/h3-4,9,13,17H,5-8,10H2,1-2H3/t13-/m1/s1. The molecule has 1 N–H and O–H groups in total. The van der Waals surface area contributed by atoms with Gasteiger partial charge in [-0.2, -0.15) is 0 Å². The molecule has 0 unspecified atom stereocenters. The molecule has 0 bridgehead atoms. The van der Waals surface area contributed by atoms with Gasteiger partial charge in [-0.1, -0.05) is 0 Å². The number of aliphatic hydroxyl groups excluding tert-OH is 1. The zero-order valence-electron chi connectivity index (χ0n) is 11.0. The van der Waals surface area contributed by atoms with E-state index in [2.05, 4.69) is 16.0 Å². The van der Waals surface area contributed by atoms with Crippen LogP contribution in [0.25, 0.3) is 0 Å². The number of hydrogen-bond donors (Lipinski definition) is 1. The van der Waals surface area contributed by atoms with Crippen molar-refractivity contribution >= 4 is 5.69 Å². The van der Waals surface area contributed by atoms with Crippen LogP contribution >= 0.6 is 0 Å². The maximum absolute atomic E-state index is 8.97. The van der Waals surface area contributed by atoms with Gasteiger partial charge in [-0.25, -0.2) is 0 Å². The minimum Gasteiger partial charge on any atom is -0.395 e. The number of anilines is 1. The maximum atomic E-state index is 8.97. The summed E-state index contributed by atoms with van der Waals surface area (Å²) in [6, 6.07) is 4.07. The van der Waals surface area contributed by atoms with Crippen LogP contribution in [0.2, 0.25) is 0 Å². The van der Waals surface area contributed by atoms with Crippen molar-refractivity contribution in [3.05, 3.63) is 24.0 Å². The van der Waals surface area contributed by atoms with Crippen LogP contribution in [0.4, 0.5) is 5.69 Å². The molecule has 100 valence electrons. The molecule has 0 saturated carbocycles. The quantitative estimate of drug-likeness (QED) is 0.845. The molecule has 0 amide bonds. The Kier molecular flexibility index (Phi) is 4.52. The fourth-order valence-electron chi connectivity index (χ4n) is 2.08. The topological polar surface area (TPSA) is 48.8 Å². The Balaban J connectivity index is 2.02. The summed E-state index contributed by atoms with van der Waals surface area (Å²) in [4.78, 5) is 8.69. The monoisotopic (exact) mass is 251 g/mol. The predicted octanol–water partition coefficient (Wildman–Crippen LogP) is 0.513. The van der Waals surface area contributed by atoms with Crippen LogP contribution < -0.4 is 4.90 Å². The lowest BCUT2D eigenvalue weighted by molar-refractivity contribution is -0.0357. The van der Waals surface area contributed by atoms with Crippen LogP contribution in [0.3, 0.4) is 0 Å². The first-order valence-electron chi connectivity index (χ1n) is 6.29. The highest BCUT2D eigenvalue weighted by atomic mass is 16.5. The number of ether oxygens (including phenoxy) is 1. The number of nitrogens with zero attached hydrogens (tertiary/aromatic N) is 3. The lowest BCUT2D eigenvalue weighted by Gasteiger charge is -2.32. The van der Waals surface area contributed by atoms with Crippen molar-refractivity contribution in [2.24, 2.45) is 0 Å². The van der Waals surface area contributed by atoms with Crippen molar-refractivity contribution in [2.45, 2.75) is 6.10 Å². The van der Waals surface area contributed by atoms with Crippen LogP contribution in [0.1, 0.15) is 11.8 Å². The van der Waals surface area contributed by atoms with Gasteiger partial charge in [0.1, 0.15) is 6.10 Å². The molecule has 5 heteroatoms. The van der Waals surface area contributed by atoms with Crippen LogP contribution in [0.5, 0.6) is 0 Å². The molecule has 0 aromatic carbocycles. The fraction of sp³-hybridized carbons (Fsp3) is 0.615. The largest absolute Gasteiger partial charge is 0.395 e. The lowest BCUT2D eigenvalue weighted by Crippen LogP contribution is -2.40. The third-order valence-electron chi connectivity index (χ3n) is 3.18. The molecule has 1 aliphatic heterocycles. The predicted molar refractivity (Wildman–Crippen MR) is 70.8 cm³/mol. The molecule has 1 saturated heterocycles. The van der Waals surface area contributed by atoms with E-state index >= 15 is 0 Å². The molecule has 2 rings (SSSR count). The fourth-order valence-corrected chi connectivity index (χ4v) is 2.08. The summed E-state index contributed by atoms with van der Waals surface area (Å²) in [5.74, 6) is 0. The second kappa shape index (κ2) is 6.13. The molecule has 0 aliphatic carbocycles. The SMILES string of the molecule is CN(C)c1ccc([C@H]2CN(CCO)CCO2)nc1. The van der Waals surface area contributed by atoms with Crippen molar-refractivity contribution in [2.75, 3.05) is 51.8 Å². The van der Waals surface area contributed by atoms with Crippen LogP contribution in [0.15, 0.2) is 18.3 Å². The number of rotatable bonds is 4. The second-order valence-electron chi connectivity index (χ2n) is 4.72. The minimum absolute atomic E-state index is 0.0153. The summed E-state index contributed by atoms with van der Waals surface area (Å²) in [7, 11) is 3.99. The molecule has 2 heterocycles. The van der Waals surface area contributed by atoms with E-state index in [0.717, 1.165) is 24.5 Å². The van der Waals surface area contributed by atoms with Gasteiger partial charge in [0, 0.05) is 33.7 Å². The first-order chi connectivity index (χ1) is 8.70. The summed E-state index contributed by atoms with van der Waals surface area (Å²) in [6.45, 7) is 3.28. The van der Waals surface area contributed by atoms with E-state index in [-0.39, 0.29) is 12.7 Å². The molecular formula is C13H21N3O2. The van der Waals surface area contributed by atoms with Crippen LogP contribution in [-0.4, -0.2) is 61.9 Å². The Hall–Kier alpha value is -1.17. The first-order valence-corrected chi connectivity index (χ1v) is 6.29. The van der Waals surface area contributed by atoms with Crippen LogP contribution in [-0.2, 0) is 4.74 Å². The van der Waals surface area contributed by atoms with E-state index in [1.54, 1.807) is 0 Å². The molecule has 1 aromatic rings. The highest BCUT2D eigenvalue weighted by Crippen LogP contribution is 2.21. The van der Waals surface area contributed by atoms with Gasteiger partial charge in [-0.3, -0.25) is 9.88 Å². The van der Waals surface area contributed by atoms with Crippen molar-refractivity contribution < 1.29 is 9.84 Å². The summed E-state index contributed by atoms with van der Waals surface area (Å²) in [6.07, 6.45) is 1.88. The Bertz CT molecular complexity index is 365. The molecule has 1 aliphatic rings. The molecular weight excluding hydrogens is 230 g/mol. The highest BCUT2D eigenvalue weighted by Gasteiger charge is 2.22. The molecule has 1 fully saturated rings. The maximum Gasteiger partial charge on any atom is 0.112 e. The minimum atomic E-state index is 0.0153. The van der Waals surface area contributed by atoms with Gasteiger partial charge in [-0.05, 0) is 12.1 Å². The molecule has 0 radical (unpaired) electrons. The molecule has 1 atom stereocenters. The average Bonchev–Trinajstić information content (AvgIpc) is 2.39. The van der Waals surface area contributed by atoms with E-state index < -0.39 is 0 Å². The van der Waals surface area contributed by atoms with E-state index in [4.69, 9.17) is 9.84 Å². The van der Waals surface area contributed by atoms with Crippen LogP contribution in [0, 0.1) is 0 Å². The van der Waals surface area contributed by atoms with Crippen molar-refractivity contribution in [1.29, 1.82) is 0 Å². The van der Waals surface area contributed by atoms with Gasteiger partial charge in [0.15, 0.2) is 0 Å². The van der Waals surface area contributed by atoms with E-state index in [1.807, 2.05) is 31.3 Å². The van der Waals surface area contributed by atoms with Gasteiger partial charge < -0.3 is 14.7 Å². The Labute approximate surface area is 108 Å². The summed E-state index contributed by atoms with van der Waals surface area (Å²) < 4.78 is 5.74. The van der Waals surface area contributed by atoms with Crippen molar-refractivity contribution in [3.8, 4) is 0 Å². The smallest absolute Gasteiger partial charge is 0.112 e. The zero-order valence-corrected chi connectivity index (χ0v) is 11.0. The first kappa shape index (κ1) is 13.3. The summed E-state index contributed by atoms with van der Waals surface area (Å²) in [5, 5.41) is 8.97. The van der Waals surface area contributed by atoms with Gasteiger partial charge >= 0.3 is 0 Å². The third kappa shape index (κ3) is 3.19. The van der Waals surface area contributed by atoms with Gasteiger partial charge in [0.05, 0.1) is 30.8 Å². The van der Waals surface area contributed by atoms with E-state index in [1.165, 1.54) is 0 Å². The molecule has 5 nitrogen and oxygen atoms in total. The normalized spacial score (nSPS) is 20.9. The Morgan fingerprint density at radius 2 is 2.33 bits per heavy atom. The Morgan fingerprint density at radius 3 is 2.94 bits per heavy atom. The zero-order chi connectivity index (χ0) is 13.0. The summed E-state index contributed by atoms with van der Waals surface area (Å²) >= 11 is 0. The van der Waals surface area contributed by atoms with Gasteiger partial charge in [-0.15, -0.1) is 0 Å². The number of morpholine rings is 1. The summed E-state index contributed by atoms with van der Waals surface area (Å²) in [5.41, 5.74) is 2.05. The number of pyridine rings is 1. The lowest BCUT2D eigenvalue weighted by atomic mass is 10.2. The van der Waals surface area contributed by atoms with Crippen molar-refractivity contribution in [3.63, 3.8) is 0 Å². The van der Waals surface area contributed by atoms with E-state index in [0.29, 0.717) is 13.2 Å². The molecule has 0 spiro atoms.